The van der Waals surface area contributed by atoms with Gasteiger partial charge in [0.15, 0.2) is 0 Å². The highest BCUT2D eigenvalue weighted by Gasteiger charge is 2.65. The lowest BCUT2D eigenvalue weighted by Crippen LogP contribution is -2.20. The first kappa shape index (κ1) is 8.57. The Bertz CT molecular complexity index is 184. The molecule has 0 spiro atoms. The first-order valence-electron chi connectivity index (χ1n) is 4.20. The third-order valence-electron chi connectivity index (χ3n) is 3.00. The van der Waals surface area contributed by atoms with Crippen LogP contribution in [0.4, 0.5) is 0 Å². The van der Waals surface area contributed by atoms with E-state index in [0.29, 0.717) is 0 Å². The van der Waals surface area contributed by atoms with Crippen LogP contribution in [0.5, 0.6) is 0 Å². The number of carboxylic acids is 1. The second kappa shape index (κ2) is 2.23. The average molecular weight is 156 g/mol. The molecule has 2 nitrogen and oxygen atoms in total. The van der Waals surface area contributed by atoms with E-state index < -0.39 is 5.97 Å². The van der Waals surface area contributed by atoms with Gasteiger partial charge in [0.2, 0.25) is 0 Å². The molecule has 2 heteroatoms. The molecule has 11 heavy (non-hydrogen) atoms. The summed E-state index contributed by atoms with van der Waals surface area (Å²) >= 11 is 0. The molecule has 0 amide bonds. The molecular formula is C9H16O2. The predicted molar refractivity (Wildman–Crippen MR) is 43.4 cm³/mol. The van der Waals surface area contributed by atoms with Crippen LogP contribution in [0.25, 0.3) is 0 Å². The molecule has 0 aromatic rings. The summed E-state index contributed by atoms with van der Waals surface area (Å²) in [6.45, 7) is 6.12. The summed E-state index contributed by atoms with van der Waals surface area (Å²) in [5.41, 5.74) is -0.351. The summed E-state index contributed by atoms with van der Waals surface area (Å²) in [5, 5.41) is 8.97. The lowest BCUT2D eigenvalue weighted by molar-refractivity contribution is -0.145. The molecule has 64 valence electrons. The van der Waals surface area contributed by atoms with E-state index >= 15 is 0 Å². The minimum atomic E-state index is -0.607. The van der Waals surface area contributed by atoms with Crippen LogP contribution in [0.3, 0.4) is 0 Å². The van der Waals surface area contributed by atoms with Crippen LogP contribution in [-0.2, 0) is 4.79 Å². The van der Waals surface area contributed by atoms with Crippen LogP contribution in [0.1, 0.15) is 40.0 Å². The van der Waals surface area contributed by atoms with Gasteiger partial charge in [-0.25, -0.2) is 0 Å². The molecule has 1 rings (SSSR count). The molecule has 0 aromatic carbocycles. The van der Waals surface area contributed by atoms with Crippen LogP contribution in [0.15, 0.2) is 0 Å². The zero-order valence-electron chi connectivity index (χ0n) is 7.48. The van der Waals surface area contributed by atoms with Gasteiger partial charge in [0, 0.05) is 0 Å². The van der Waals surface area contributed by atoms with E-state index in [1.165, 1.54) is 0 Å². The Kier molecular flexibility index (Phi) is 1.73. The van der Waals surface area contributed by atoms with Gasteiger partial charge in [-0.2, -0.15) is 0 Å². The number of aliphatic carboxylic acids is 1. The molecule has 1 N–H and O–H groups in total. The van der Waals surface area contributed by atoms with Gasteiger partial charge in [0.25, 0.3) is 0 Å². The van der Waals surface area contributed by atoms with E-state index in [4.69, 9.17) is 5.11 Å². The number of carbonyl (C=O) groups is 1. The van der Waals surface area contributed by atoms with Gasteiger partial charge < -0.3 is 5.11 Å². The number of hydrogen-bond donors (Lipinski definition) is 1. The molecule has 1 atom stereocenters. The standard InChI is InChI=1S/C9H16O2/c1-4-5-9(7(10)11)6-8(9,2)3/h4-6H2,1-3H3,(H,10,11). The zero-order valence-corrected chi connectivity index (χ0v) is 7.48. The van der Waals surface area contributed by atoms with Crippen molar-refractivity contribution in [1.82, 2.24) is 0 Å². The van der Waals surface area contributed by atoms with Crippen molar-refractivity contribution < 1.29 is 9.90 Å². The zero-order chi connectivity index (χ0) is 8.70. The van der Waals surface area contributed by atoms with Gasteiger partial charge in [-0.1, -0.05) is 27.2 Å². The maximum absolute atomic E-state index is 10.9. The first-order chi connectivity index (χ1) is 4.96. The number of carboxylic acid groups (broad SMARTS) is 1. The van der Waals surface area contributed by atoms with E-state index in [0.717, 1.165) is 19.3 Å². The minimum Gasteiger partial charge on any atom is -0.481 e. The molecule has 1 fully saturated rings. The quantitative estimate of drug-likeness (QED) is 0.680. The van der Waals surface area contributed by atoms with Crippen molar-refractivity contribution in [1.29, 1.82) is 0 Å². The Balaban J connectivity index is 2.71. The van der Waals surface area contributed by atoms with Gasteiger partial charge in [0.1, 0.15) is 0 Å². The Morgan fingerprint density at radius 3 is 2.09 bits per heavy atom. The summed E-state index contributed by atoms with van der Waals surface area (Å²) in [7, 11) is 0. The Morgan fingerprint density at radius 1 is 1.55 bits per heavy atom. The summed E-state index contributed by atoms with van der Waals surface area (Å²) in [6.07, 6.45) is 2.65. The lowest BCUT2D eigenvalue weighted by Gasteiger charge is -2.13. The van der Waals surface area contributed by atoms with E-state index in [-0.39, 0.29) is 10.8 Å². The van der Waals surface area contributed by atoms with Crippen LogP contribution < -0.4 is 0 Å². The maximum Gasteiger partial charge on any atom is 0.310 e. The highest BCUT2D eigenvalue weighted by Crippen LogP contribution is 2.65. The average Bonchev–Trinajstić information content (AvgIpc) is 2.36. The summed E-state index contributed by atoms with van der Waals surface area (Å²) in [6, 6.07) is 0. The molecule has 0 bridgehead atoms. The molecule has 0 radical (unpaired) electrons. The van der Waals surface area contributed by atoms with Gasteiger partial charge in [0.05, 0.1) is 5.41 Å². The van der Waals surface area contributed by atoms with Gasteiger partial charge in [-0.15, -0.1) is 0 Å². The predicted octanol–water partition coefficient (Wildman–Crippen LogP) is 2.29. The van der Waals surface area contributed by atoms with Crippen LogP contribution in [-0.4, -0.2) is 11.1 Å². The number of rotatable bonds is 3. The van der Waals surface area contributed by atoms with E-state index in [2.05, 4.69) is 0 Å². The second-order valence-electron chi connectivity index (χ2n) is 4.20. The van der Waals surface area contributed by atoms with Crippen molar-refractivity contribution >= 4 is 5.97 Å². The first-order valence-corrected chi connectivity index (χ1v) is 4.20. The van der Waals surface area contributed by atoms with Crippen molar-refractivity contribution in [3.63, 3.8) is 0 Å². The highest BCUT2D eigenvalue weighted by atomic mass is 16.4. The molecule has 0 saturated heterocycles. The normalized spacial score (nSPS) is 33.4. The van der Waals surface area contributed by atoms with Crippen molar-refractivity contribution in [2.24, 2.45) is 10.8 Å². The van der Waals surface area contributed by atoms with Crippen LogP contribution in [0.2, 0.25) is 0 Å². The fourth-order valence-corrected chi connectivity index (χ4v) is 2.04. The largest absolute Gasteiger partial charge is 0.481 e. The summed E-state index contributed by atoms with van der Waals surface area (Å²) in [5.74, 6) is -0.607. The fourth-order valence-electron chi connectivity index (χ4n) is 2.04. The minimum absolute atomic E-state index is 0.0366. The Morgan fingerprint density at radius 2 is 2.00 bits per heavy atom. The van der Waals surface area contributed by atoms with Crippen molar-refractivity contribution in [2.75, 3.05) is 0 Å². The van der Waals surface area contributed by atoms with Crippen molar-refractivity contribution in [3.05, 3.63) is 0 Å². The molecule has 1 aliphatic carbocycles. The van der Waals surface area contributed by atoms with E-state index in [1.807, 2.05) is 20.8 Å². The molecule has 1 saturated carbocycles. The third-order valence-corrected chi connectivity index (χ3v) is 3.00. The molecule has 1 unspecified atom stereocenters. The SMILES string of the molecule is CCCC1(C(=O)O)CC1(C)C. The fraction of sp³-hybridized carbons (Fsp3) is 0.889. The maximum atomic E-state index is 10.9. The van der Waals surface area contributed by atoms with Crippen molar-refractivity contribution in [3.8, 4) is 0 Å². The molecule has 0 heterocycles. The monoisotopic (exact) mass is 156 g/mol. The molecule has 0 aliphatic heterocycles. The Labute approximate surface area is 67.6 Å². The third kappa shape index (κ3) is 1.05. The number of hydrogen-bond acceptors (Lipinski definition) is 1. The van der Waals surface area contributed by atoms with Crippen LogP contribution >= 0.6 is 0 Å². The van der Waals surface area contributed by atoms with Crippen LogP contribution in [0, 0.1) is 10.8 Å². The highest BCUT2D eigenvalue weighted by molar-refractivity contribution is 5.79. The van der Waals surface area contributed by atoms with E-state index in [1.54, 1.807) is 0 Å². The lowest BCUT2D eigenvalue weighted by atomic mass is 9.91. The molecular weight excluding hydrogens is 140 g/mol. The second-order valence-corrected chi connectivity index (χ2v) is 4.20. The van der Waals surface area contributed by atoms with Crippen molar-refractivity contribution in [2.45, 2.75) is 40.0 Å². The van der Waals surface area contributed by atoms with Gasteiger partial charge in [-0.05, 0) is 18.3 Å². The summed E-state index contributed by atoms with van der Waals surface area (Å²) < 4.78 is 0. The van der Waals surface area contributed by atoms with Gasteiger partial charge >= 0.3 is 5.97 Å². The smallest absolute Gasteiger partial charge is 0.310 e. The summed E-state index contributed by atoms with van der Waals surface area (Å²) in [4.78, 5) is 10.9. The topological polar surface area (TPSA) is 37.3 Å². The van der Waals surface area contributed by atoms with Gasteiger partial charge in [-0.3, -0.25) is 4.79 Å². The Hall–Kier alpha value is -0.530. The molecule has 1 aliphatic rings. The molecule has 0 aromatic heterocycles. The van der Waals surface area contributed by atoms with E-state index in [9.17, 15) is 4.79 Å².